The molecule has 0 aliphatic heterocycles. The zero-order valence-electron chi connectivity index (χ0n) is 8.27. The van der Waals surface area contributed by atoms with Crippen LogP contribution in [0.2, 0.25) is 0 Å². The van der Waals surface area contributed by atoms with Gasteiger partial charge in [0, 0.05) is 18.0 Å². The smallest absolute Gasteiger partial charge is 0.306 e. The van der Waals surface area contributed by atoms with Gasteiger partial charge in [-0.1, -0.05) is 19.8 Å². The zero-order valence-corrected chi connectivity index (χ0v) is 9.09. The summed E-state index contributed by atoms with van der Waals surface area (Å²) in [5.74, 6) is -0.963. The highest BCUT2D eigenvalue weighted by atomic mass is 32.1. The van der Waals surface area contributed by atoms with E-state index in [1.807, 2.05) is 5.38 Å². The fraction of sp³-hybridized carbons (Fsp3) is 0.600. The van der Waals surface area contributed by atoms with Crippen LogP contribution in [0.5, 0.6) is 0 Å². The molecule has 0 aromatic carbocycles. The van der Waals surface area contributed by atoms with Crippen molar-refractivity contribution in [3.8, 4) is 0 Å². The topological polar surface area (TPSA) is 50.2 Å². The molecular formula is C10H15NO2S. The quantitative estimate of drug-likeness (QED) is 0.790. The van der Waals surface area contributed by atoms with Gasteiger partial charge in [0.15, 0.2) is 0 Å². The van der Waals surface area contributed by atoms with Gasteiger partial charge in [0.25, 0.3) is 0 Å². The van der Waals surface area contributed by atoms with Crippen LogP contribution < -0.4 is 0 Å². The van der Waals surface area contributed by atoms with Gasteiger partial charge in [-0.3, -0.25) is 4.79 Å². The second-order valence-electron chi connectivity index (χ2n) is 3.31. The Kier molecular flexibility index (Phi) is 4.59. The molecule has 0 spiro atoms. The van der Waals surface area contributed by atoms with Gasteiger partial charge in [0.2, 0.25) is 0 Å². The van der Waals surface area contributed by atoms with Crippen LogP contribution in [0.25, 0.3) is 0 Å². The number of hydrogen-bond donors (Lipinski definition) is 1. The van der Waals surface area contributed by atoms with Gasteiger partial charge in [-0.25, -0.2) is 4.98 Å². The van der Waals surface area contributed by atoms with E-state index < -0.39 is 5.97 Å². The zero-order chi connectivity index (χ0) is 10.4. The number of rotatable bonds is 6. The fourth-order valence-corrected chi connectivity index (χ4v) is 2.03. The first kappa shape index (κ1) is 11.2. The van der Waals surface area contributed by atoms with Crippen LogP contribution in [0.3, 0.4) is 0 Å². The summed E-state index contributed by atoms with van der Waals surface area (Å²) in [6.07, 6.45) is 5.07. The first-order valence-electron chi connectivity index (χ1n) is 4.85. The number of carboxylic acids is 1. The first-order chi connectivity index (χ1) is 6.74. The van der Waals surface area contributed by atoms with Gasteiger partial charge in [-0.15, -0.1) is 11.3 Å². The maximum absolute atomic E-state index is 10.9. The molecule has 1 unspecified atom stereocenters. The predicted molar refractivity (Wildman–Crippen MR) is 56.5 cm³/mol. The number of unbranched alkanes of at least 4 members (excludes halogenated alkanes) is 1. The summed E-state index contributed by atoms with van der Waals surface area (Å²) in [4.78, 5) is 15.0. The highest BCUT2D eigenvalue weighted by Gasteiger charge is 2.18. The van der Waals surface area contributed by atoms with E-state index in [4.69, 9.17) is 5.11 Å². The van der Waals surface area contributed by atoms with Crippen LogP contribution in [-0.4, -0.2) is 16.1 Å². The Balaban J connectivity index is 2.47. The predicted octanol–water partition coefficient (Wildman–Crippen LogP) is 2.58. The van der Waals surface area contributed by atoms with Crippen LogP contribution >= 0.6 is 11.3 Å². The number of carboxylic acid groups (broad SMARTS) is 1. The lowest BCUT2D eigenvalue weighted by Crippen LogP contribution is -2.16. The second-order valence-corrected chi connectivity index (χ2v) is 4.29. The Bertz CT molecular complexity index is 272. The summed E-state index contributed by atoms with van der Waals surface area (Å²) >= 11 is 1.53. The highest BCUT2D eigenvalue weighted by Crippen LogP contribution is 2.17. The van der Waals surface area contributed by atoms with E-state index in [2.05, 4.69) is 11.9 Å². The molecule has 0 saturated carbocycles. The minimum absolute atomic E-state index is 0.263. The highest BCUT2D eigenvalue weighted by molar-refractivity contribution is 7.09. The van der Waals surface area contributed by atoms with E-state index >= 15 is 0 Å². The van der Waals surface area contributed by atoms with Gasteiger partial charge in [0.1, 0.15) is 0 Å². The maximum atomic E-state index is 10.9. The molecule has 0 saturated heterocycles. The molecule has 0 bridgehead atoms. The van der Waals surface area contributed by atoms with Crippen molar-refractivity contribution in [1.82, 2.24) is 4.98 Å². The van der Waals surface area contributed by atoms with Crippen LogP contribution in [0, 0.1) is 5.92 Å². The Hall–Kier alpha value is -0.900. The molecule has 0 radical (unpaired) electrons. The average molecular weight is 213 g/mol. The molecule has 0 aliphatic carbocycles. The normalized spacial score (nSPS) is 12.6. The first-order valence-corrected chi connectivity index (χ1v) is 5.73. The van der Waals surface area contributed by atoms with E-state index in [9.17, 15) is 4.79 Å². The van der Waals surface area contributed by atoms with Crippen molar-refractivity contribution in [3.63, 3.8) is 0 Å². The molecule has 3 nitrogen and oxygen atoms in total. The number of thiazole rings is 1. The van der Waals surface area contributed by atoms with Crippen molar-refractivity contribution < 1.29 is 9.90 Å². The summed E-state index contributed by atoms with van der Waals surface area (Å²) in [6, 6.07) is 0. The van der Waals surface area contributed by atoms with E-state index in [1.165, 1.54) is 11.3 Å². The molecule has 1 rings (SSSR count). The van der Waals surface area contributed by atoms with Crippen molar-refractivity contribution in [1.29, 1.82) is 0 Å². The summed E-state index contributed by atoms with van der Waals surface area (Å²) in [6.45, 7) is 2.07. The van der Waals surface area contributed by atoms with Crippen LogP contribution in [-0.2, 0) is 11.2 Å². The molecule has 78 valence electrons. The Labute approximate surface area is 87.8 Å². The maximum Gasteiger partial charge on any atom is 0.306 e. The SMILES string of the molecule is CCCCC(Cc1nccs1)C(=O)O. The lowest BCUT2D eigenvalue weighted by Gasteiger charge is -2.09. The number of aromatic nitrogens is 1. The van der Waals surface area contributed by atoms with Crippen molar-refractivity contribution >= 4 is 17.3 Å². The minimum Gasteiger partial charge on any atom is -0.481 e. The molecular weight excluding hydrogens is 198 g/mol. The molecule has 0 fully saturated rings. The minimum atomic E-state index is -0.700. The van der Waals surface area contributed by atoms with Crippen molar-refractivity contribution in [2.24, 2.45) is 5.92 Å². The third-order valence-corrected chi connectivity index (χ3v) is 2.96. The van der Waals surface area contributed by atoms with E-state index in [-0.39, 0.29) is 5.92 Å². The summed E-state index contributed by atoms with van der Waals surface area (Å²) in [5.41, 5.74) is 0. The Morgan fingerprint density at radius 2 is 2.50 bits per heavy atom. The van der Waals surface area contributed by atoms with Crippen molar-refractivity contribution in [2.75, 3.05) is 0 Å². The Morgan fingerprint density at radius 1 is 1.71 bits per heavy atom. The van der Waals surface area contributed by atoms with Crippen molar-refractivity contribution in [2.45, 2.75) is 32.6 Å². The number of nitrogens with zero attached hydrogens (tertiary/aromatic N) is 1. The molecule has 1 atom stereocenters. The van der Waals surface area contributed by atoms with Gasteiger partial charge in [-0.05, 0) is 6.42 Å². The van der Waals surface area contributed by atoms with Crippen LogP contribution in [0.15, 0.2) is 11.6 Å². The lowest BCUT2D eigenvalue weighted by atomic mass is 9.99. The van der Waals surface area contributed by atoms with Gasteiger partial charge >= 0.3 is 5.97 Å². The number of hydrogen-bond acceptors (Lipinski definition) is 3. The number of aliphatic carboxylic acids is 1. The number of carbonyl (C=O) groups is 1. The fourth-order valence-electron chi connectivity index (χ4n) is 1.33. The molecule has 1 N–H and O–H groups in total. The lowest BCUT2D eigenvalue weighted by molar-refractivity contribution is -0.141. The molecule has 4 heteroatoms. The van der Waals surface area contributed by atoms with Gasteiger partial charge in [-0.2, -0.15) is 0 Å². The molecule has 1 aromatic heterocycles. The molecule has 14 heavy (non-hydrogen) atoms. The largest absolute Gasteiger partial charge is 0.481 e. The molecule has 0 amide bonds. The third kappa shape index (κ3) is 3.46. The average Bonchev–Trinajstić information content (AvgIpc) is 2.64. The van der Waals surface area contributed by atoms with Crippen LogP contribution in [0.1, 0.15) is 31.2 Å². The monoisotopic (exact) mass is 213 g/mol. The Morgan fingerprint density at radius 3 is 3.00 bits per heavy atom. The summed E-state index contributed by atoms with van der Waals surface area (Å²) in [7, 11) is 0. The third-order valence-electron chi connectivity index (χ3n) is 2.16. The summed E-state index contributed by atoms with van der Waals surface area (Å²) < 4.78 is 0. The van der Waals surface area contributed by atoms with E-state index in [0.717, 1.165) is 24.3 Å². The van der Waals surface area contributed by atoms with Gasteiger partial charge < -0.3 is 5.11 Å². The van der Waals surface area contributed by atoms with E-state index in [1.54, 1.807) is 6.20 Å². The van der Waals surface area contributed by atoms with Crippen LogP contribution in [0.4, 0.5) is 0 Å². The summed E-state index contributed by atoms with van der Waals surface area (Å²) in [5, 5.41) is 11.8. The molecule has 1 aromatic rings. The molecule has 0 aliphatic rings. The second kappa shape index (κ2) is 5.75. The standard InChI is InChI=1S/C10H15NO2S/c1-2-3-4-8(10(12)13)7-9-11-5-6-14-9/h5-6,8H,2-4,7H2,1H3,(H,12,13). The van der Waals surface area contributed by atoms with E-state index in [0.29, 0.717) is 6.42 Å². The molecule has 1 heterocycles. The van der Waals surface area contributed by atoms with Gasteiger partial charge in [0.05, 0.1) is 10.9 Å². The van der Waals surface area contributed by atoms with Crippen molar-refractivity contribution in [3.05, 3.63) is 16.6 Å².